The first-order valence-electron chi connectivity index (χ1n) is 10.1. The Balaban J connectivity index is 1.66. The molecule has 1 N–H and O–H groups in total. The number of pyridine rings is 1. The van der Waals surface area contributed by atoms with Crippen molar-refractivity contribution in [3.63, 3.8) is 0 Å². The van der Waals surface area contributed by atoms with Crippen molar-refractivity contribution >= 4 is 10.9 Å². The highest BCUT2D eigenvalue weighted by atomic mass is 16.1. The fraction of sp³-hybridized carbons (Fsp3) is 0.375. The predicted molar refractivity (Wildman–Crippen MR) is 112 cm³/mol. The van der Waals surface area contributed by atoms with Gasteiger partial charge in [-0.05, 0) is 80.5 Å². The van der Waals surface area contributed by atoms with Crippen LogP contribution in [0.25, 0.3) is 10.9 Å². The number of fused-ring (bicyclic) bond motifs is 1. The number of benzene rings is 2. The maximum Gasteiger partial charge on any atom is 0.251 e. The van der Waals surface area contributed by atoms with Crippen LogP contribution in [-0.4, -0.2) is 29.5 Å². The summed E-state index contributed by atoms with van der Waals surface area (Å²) in [4.78, 5) is 17.5. The Hall–Kier alpha value is -2.39. The molecule has 0 bridgehead atoms. The number of hydrogen-bond acceptors (Lipinski definition) is 2. The van der Waals surface area contributed by atoms with E-state index < -0.39 is 0 Å². The summed E-state index contributed by atoms with van der Waals surface area (Å²) >= 11 is 0. The average molecular weight is 361 g/mol. The van der Waals surface area contributed by atoms with Crippen molar-refractivity contribution in [3.8, 4) is 0 Å². The first kappa shape index (κ1) is 18.0. The van der Waals surface area contributed by atoms with Gasteiger partial charge in [0.1, 0.15) is 0 Å². The van der Waals surface area contributed by atoms with Gasteiger partial charge in [0.05, 0.1) is 0 Å². The fourth-order valence-electron chi connectivity index (χ4n) is 4.26. The molecular weight excluding hydrogens is 332 g/mol. The molecule has 2 heterocycles. The summed E-state index contributed by atoms with van der Waals surface area (Å²) in [6.07, 6.45) is 5.16. The Morgan fingerprint density at radius 2 is 1.74 bits per heavy atom. The summed E-state index contributed by atoms with van der Waals surface area (Å²) < 4.78 is 0. The highest BCUT2D eigenvalue weighted by Gasteiger charge is 2.18. The third-order valence-corrected chi connectivity index (χ3v) is 5.84. The number of nitrogens with zero attached hydrogens (tertiary/aromatic N) is 1. The van der Waals surface area contributed by atoms with Crippen molar-refractivity contribution in [1.29, 1.82) is 0 Å². The molecule has 0 radical (unpaired) electrons. The topological polar surface area (TPSA) is 36.1 Å². The number of aromatic nitrogens is 1. The number of hydrogen-bond donors (Lipinski definition) is 1. The second-order valence-electron chi connectivity index (χ2n) is 7.78. The minimum atomic E-state index is -0.0000390. The van der Waals surface area contributed by atoms with E-state index in [1.54, 1.807) is 0 Å². The summed E-state index contributed by atoms with van der Waals surface area (Å²) in [6.45, 7) is 5.48. The van der Waals surface area contributed by atoms with E-state index in [1.807, 2.05) is 13.0 Å². The fourth-order valence-corrected chi connectivity index (χ4v) is 4.26. The summed E-state index contributed by atoms with van der Waals surface area (Å²) in [5, 5.41) is 1.11. The second kappa shape index (κ2) is 8.10. The molecule has 27 heavy (non-hydrogen) atoms. The highest BCUT2D eigenvalue weighted by molar-refractivity contribution is 5.80. The molecule has 1 atom stereocenters. The molecule has 0 amide bonds. The minimum Gasteiger partial charge on any atom is -0.322 e. The second-order valence-corrected chi connectivity index (χ2v) is 7.78. The normalized spacial score (nSPS) is 16.5. The van der Waals surface area contributed by atoms with E-state index in [0.717, 1.165) is 29.4 Å². The Bertz CT molecular complexity index is 955. The Kier molecular flexibility index (Phi) is 5.40. The van der Waals surface area contributed by atoms with Crippen LogP contribution in [0.2, 0.25) is 0 Å². The highest BCUT2D eigenvalue weighted by Crippen LogP contribution is 2.30. The van der Waals surface area contributed by atoms with Gasteiger partial charge in [0.25, 0.3) is 5.56 Å². The van der Waals surface area contributed by atoms with E-state index in [0.29, 0.717) is 5.92 Å². The van der Waals surface area contributed by atoms with Gasteiger partial charge in [-0.15, -0.1) is 0 Å². The van der Waals surface area contributed by atoms with E-state index >= 15 is 0 Å². The number of rotatable bonds is 5. The van der Waals surface area contributed by atoms with Gasteiger partial charge in [-0.3, -0.25) is 4.79 Å². The number of piperidine rings is 1. The van der Waals surface area contributed by atoms with Gasteiger partial charge in [0.2, 0.25) is 0 Å². The molecule has 3 heteroatoms. The van der Waals surface area contributed by atoms with Crippen LogP contribution in [0.4, 0.5) is 0 Å². The van der Waals surface area contributed by atoms with Crippen LogP contribution in [0.3, 0.4) is 0 Å². The molecule has 1 aliphatic rings. The van der Waals surface area contributed by atoms with Gasteiger partial charge in [0.15, 0.2) is 0 Å². The van der Waals surface area contributed by atoms with Crippen LogP contribution in [0.5, 0.6) is 0 Å². The Morgan fingerprint density at radius 3 is 2.52 bits per heavy atom. The average Bonchev–Trinajstić information content (AvgIpc) is 2.71. The van der Waals surface area contributed by atoms with Gasteiger partial charge < -0.3 is 9.88 Å². The van der Waals surface area contributed by atoms with Gasteiger partial charge in [0, 0.05) is 17.0 Å². The van der Waals surface area contributed by atoms with Crippen LogP contribution in [0.1, 0.15) is 48.3 Å². The molecule has 1 saturated heterocycles. The maximum absolute atomic E-state index is 11.9. The van der Waals surface area contributed by atoms with E-state index in [-0.39, 0.29) is 5.56 Å². The van der Waals surface area contributed by atoms with Crippen molar-refractivity contribution in [1.82, 2.24) is 9.88 Å². The van der Waals surface area contributed by atoms with Gasteiger partial charge >= 0.3 is 0 Å². The van der Waals surface area contributed by atoms with E-state index in [1.165, 1.54) is 43.5 Å². The number of likely N-dealkylation sites (tertiary alicyclic amines) is 1. The third-order valence-electron chi connectivity index (χ3n) is 5.84. The Labute approximate surface area is 161 Å². The summed E-state index contributed by atoms with van der Waals surface area (Å²) in [6, 6.07) is 19.3. The molecular formula is C24H28N2O. The van der Waals surface area contributed by atoms with Gasteiger partial charge in [-0.1, -0.05) is 42.8 Å². The summed E-state index contributed by atoms with van der Waals surface area (Å²) in [5.41, 5.74) is 4.38. The molecule has 1 aliphatic heterocycles. The molecule has 1 unspecified atom stereocenters. The first-order chi connectivity index (χ1) is 13.2. The molecule has 3 aromatic rings. The van der Waals surface area contributed by atoms with Crippen molar-refractivity contribution < 1.29 is 0 Å². The number of nitrogens with one attached hydrogen (secondary N) is 1. The summed E-state index contributed by atoms with van der Waals surface area (Å²) in [5.74, 6) is 0.379. The number of H-pyrrole nitrogens is 1. The van der Waals surface area contributed by atoms with E-state index in [4.69, 9.17) is 0 Å². The van der Waals surface area contributed by atoms with Crippen molar-refractivity contribution in [2.75, 3.05) is 19.6 Å². The van der Waals surface area contributed by atoms with Crippen molar-refractivity contribution in [2.24, 2.45) is 0 Å². The van der Waals surface area contributed by atoms with Gasteiger partial charge in [-0.25, -0.2) is 0 Å². The van der Waals surface area contributed by atoms with Gasteiger partial charge in [-0.2, -0.15) is 0 Å². The van der Waals surface area contributed by atoms with Crippen LogP contribution in [-0.2, 0) is 0 Å². The molecule has 0 spiro atoms. The van der Waals surface area contributed by atoms with Crippen molar-refractivity contribution in [3.05, 3.63) is 81.6 Å². The lowest BCUT2D eigenvalue weighted by atomic mass is 9.87. The summed E-state index contributed by atoms with van der Waals surface area (Å²) in [7, 11) is 0. The molecule has 1 aromatic heterocycles. The largest absolute Gasteiger partial charge is 0.322 e. The number of aryl methyl sites for hydroxylation is 1. The van der Waals surface area contributed by atoms with E-state index in [9.17, 15) is 4.79 Å². The van der Waals surface area contributed by atoms with Crippen LogP contribution in [0, 0.1) is 6.92 Å². The smallest absolute Gasteiger partial charge is 0.251 e. The zero-order valence-corrected chi connectivity index (χ0v) is 16.1. The quantitative estimate of drug-likeness (QED) is 0.706. The minimum absolute atomic E-state index is 0.0000390. The monoisotopic (exact) mass is 360 g/mol. The van der Waals surface area contributed by atoms with Crippen molar-refractivity contribution in [2.45, 2.75) is 38.5 Å². The molecule has 4 rings (SSSR count). The zero-order valence-electron chi connectivity index (χ0n) is 16.1. The SMILES string of the molecule is Cc1cc2cc(C(CCN3CCCCC3)c3ccccc3)ccc2[nH]c1=O. The molecule has 3 nitrogen and oxygen atoms in total. The first-order valence-corrected chi connectivity index (χ1v) is 10.1. The Morgan fingerprint density at radius 1 is 0.963 bits per heavy atom. The lowest BCUT2D eigenvalue weighted by Crippen LogP contribution is -2.31. The molecule has 1 fully saturated rings. The molecule has 0 aliphatic carbocycles. The predicted octanol–water partition coefficient (Wildman–Crippen LogP) is 4.84. The molecule has 0 saturated carbocycles. The standard InChI is InChI=1S/C24H28N2O/c1-18-16-21-17-20(10-11-23(21)25-24(18)27)22(19-8-4-2-5-9-19)12-15-26-13-6-3-7-14-26/h2,4-5,8-11,16-17,22H,3,6-7,12-15H2,1H3,(H,25,27). The van der Waals surface area contributed by atoms with Crippen LogP contribution >= 0.6 is 0 Å². The van der Waals surface area contributed by atoms with Crippen LogP contribution in [0.15, 0.2) is 59.4 Å². The lowest BCUT2D eigenvalue weighted by molar-refractivity contribution is 0.223. The van der Waals surface area contributed by atoms with E-state index in [2.05, 4.69) is 58.4 Å². The number of aromatic amines is 1. The molecule has 2 aromatic carbocycles. The van der Waals surface area contributed by atoms with Crippen LogP contribution < -0.4 is 5.56 Å². The third kappa shape index (κ3) is 4.14. The molecule has 140 valence electrons. The lowest BCUT2D eigenvalue weighted by Gasteiger charge is -2.28. The zero-order chi connectivity index (χ0) is 18.6. The maximum atomic E-state index is 11.9.